The molecule has 36 heavy (non-hydrogen) atoms. The molecule has 0 aliphatic rings. The highest BCUT2D eigenvalue weighted by atomic mass is 35.5. The Morgan fingerprint density at radius 1 is 1.00 bits per heavy atom. The van der Waals surface area contributed by atoms with Crippen molar-refractivity contribution in [3.05, 3.63) is 80.6 Å². The van der Waals surface area contributed by atoms with Gasteiger partial charge < -0.3 is 9.73 Å². The fraction of sp³-hybridized carbons (Fsp3) is 0.0870. The molecule has 5 rings (SSSR count). The first-order valence-electron chi connectivity index (χ1n) is 10.6. The van der Waals surface area contributed by atoms with Crippen LogP contribution >= 0.6 is 11.6 Å². The first-order chi connectivity index (χ1) is 17.4. The number of fused-ring (bicyclic) bond motifs is 1. The molecular weight excluding hydrogens is 488 g/mol. The van der Waals surface area contributed by atoms with E-state index in [2.05, 4.69) is 36.1 Å². The molecule has 3 aromatic heterocycles. The molecule has 0 saturated heterocycles. The van der Waals surface area contributed by atoms with Gasteiger partial charge in [-0.1, -0.05) is 17.7 Å². The van der Waals surface area contributed by atoms with E-state index < -0.39 is 4.92 Å². The number of furan rings is 1. The Balaban J connectivity index is 1.39. The van der Waals surface area contributed by atoms with Crippen molar-refractivity contribution in [1.29, 1.82) is 0 Å². The lowest BCUT2D eigenvalue weighted by atomic mass is 10.1. The number of nitro benzene ring substituents is 1. The van der Waals surface area contributed by atoms with Crippen LogP contribution in [0.1, 0.15) is 16.9 Å². The highest BCUT2D eigenvalue weighted by Gasteiger charge is 2.15. The van der Waals surface area contributed by atoms with Crippen LogP contribution in [-0.4, -0.2) is 31.4 Å². The number of benzene rings is 2. The maximum atomic E-state index is 11.1. The quantitative estimate of drug-likeness (QED) is 0.161. The Labute approximate surface area is 208 Å². The third-order valence-electron chi connectivity index (χ3n) is 5.30. The van der Waals surface area contributed by atoms with Crippen molar-refractivity contribution in [3.63, 3.8) is 0 Å². The van der Waals surface area contributed by atoms with Gasteiger partial charge in [0.2, 0.25) is 11.3 Å². The Morgan fingerprint density at radius 2 is 1.78 bits per heavy atom. The minimum atomic E-state index is -0.499. The van der Waals surface area contributed by atoms with E-state index in [1.807, 2.05) is 32.0 Å². The van der Waals surface area contributed by atoms with Crippen molar-refractivity contribution >= 4 is 52.1 Å². The Hall–Kier alpha value is -4.84. The molecule has 12 nitrogen and oxygen atoms in total. The highest BCUT2D eigenvalue weighted by molar-refractivity contribution is 6.33. The van der Waals surface area contributed by atoms with Crippen molar-refractivity contribution < 1.29 is 14.0 Å². The van der Waals surface area contributed by atoms with Crippen molar-refractivity contribution in [2.24, 2.45) is 5.10 Å². The molecular formula is C23H17ClN8O4. The predicted octanol–water partition coefficient (Wildman–Crippen LogP) is 5.64. The summed E-state index contributed by atoms with van der Waals surface area (Å²) in [5.41, 5.74) is 6.65. The summed E-state index contributed by atoms with van der Waals surface area (Å²) < 4.78 is 10.5. The van der Waals surface area contributed by atoms with E-state index in [4.69, 9.17) is 20.6 Å². The Bertz CT molecular complexity index is 1630. The molecule has 0 unspecified atom stereocenters. The van der Waals surface area contributed by atoms with Crippen molar-refractivity contribution in [1.82, 2.24) is 20.3 Å². The number of nitrogens with zero attached hydrogens (tertiary/aromatic N) is 6. The van der Waals surface area contributed by atoms with Crippen molar-refractivity contribution in [3.8, 4) is 11.3 Å². The molecule has 0 aliphatic heterocycles. The largest absolute Gasteiger partial charge is 0.455 e. The summed E-state index contributed by atoms with van der Waals surface area (Å²) in [5, 5.41) is 26.3. The average molecular weight is 505 g/mol. The van der Waals surface area contributed by atoms with Gasteiger partial charge in [0.1, 0.15) is 11.5 Å². The average Bonchev–Trinajstić information content (AvgIpc) is 3.51. The third kappa shape index (κ3) is 4.70. The summed E-state index contributed by atoms with van der Waals surface area (Å²) in [7, 11) is 0. The number of nitro groups is 1. The molecule has 0 atom stereocenters. The SMILES string of the molecule is Cc1ccc(Nc2nc3nonc3nc2N/N=C/c2ccc(-c3cc([N+](=O)[O-])ccc3Cl)o2)cc1C. The van der Waals surface area contributed by atoms with Crippen molar-refractivity contribution in [2.75, 3.05) is 10.7 Å². The molecule has 0 aliphatic carbocycles. The van der Waals surface area contributed by atoms with Gasteiger partial charge in [-0.2, -0.15) is 10.1 Å². The number of hydrogen-bond donors (Lipinski definition) is 2. The van der Waals surface area contributed by atoms with Crippen LogP contribution in [0.5, 0.6) is 0 Å². The van der Waals surface area contributed by atoms with Gasteiger partial charge in [0, 0.05) is 23.4 Å². The number of rotatable bonds is 7. The Morgan fingerprint density at radius 3 is 2.53 bits per heavy atom. The van der Waals surface area contributed by atoms with Gasteiger partial charge in [-0.3, -0.25) is 15.5 Å². The zero-order chi connectivity index (χ0) is 25.2. The van der Waals surface area contributed by atoms with Gasteiger partial charge in [-0.15, -0.1) is 0 Å². The summed E-state index contributed by atoms with van der Waals surface area (Å²) in [6, 6.07) is 13.3. The predicted molar refractivity (Wildman–Crippen MR) is 134 cm³/mol. The second-order valence-electron chi connectivity index (χ2n) is 7.75. The van der Waals surface area contributed by atoms with Gasteiger partial charge in [-0.05, 0) is 65.6 Å². The van der Waals surface area contributed by atoms with Gasteiger partial charge >= 0.3 is 0 Å². The van der Waals surface area contributed by atoms with E-state index in [0.717, 1.165) is 16.8 Å². The number of aromatic nitrogens is 4. The molecule has 0 bridgehead atoms. The van der Waals surface area contributed by atoms with Gasteiger partial charge in [-0.25, -0.2) is 9.61 Å². The summed E-state index contributed by atoms with van der Waals surface area (Å²) in [6.07, 6.45) is 1.42. The number of hydrazone groups is 1. The first kappa shape index (κ1) is 22.9. The molecule has 13 heteroatoms. The van der Waals surface area contributed by atoms with Gasteiger partial charge in [0.25, 0.3) is 5.69 Å². The van der Waals surface area contributed by atoms with Crippen LogP contribution in [0.15, 0.2) is 62.7 Å². The summed E-state index contributed by atoms with van der Waals surface area (Å²) in [4.78, 5) is 19.4. The molecule has 5 aromatic rings. The molecule has 0 spiro atoms. The maximum absolute atomic E-state index is 11.1. The van der Waals surface area contributed by atoms with Crippen LogP contribution in [0.3, 0.4) is 0 Å². The molecule has 180 valence electrons. The van der Waals surface area contributed by atoms with E-state index in [9.17, 15) is 10.1 Å². The topological polar surface area (TPSA) is 157 Å². The van der Waals surface area contributed by atoms with Crippen LogP contribution < -0.4 is 10.7 Å². The van der Waals surface area contributed by atoms with Crippen LogP contribution in [0.4, 0.5) is 23.0 Å². The maximum Gasteiger partial charge on any atom is 0.270 e. The lowest BCUT2D eigenvalue weighted by Crippen LogP contribution is -2.03. The summed E-state index contributed by atoms with van der Waals surface area (Å²) in [6.45, 7) is 4.04. The number of nitrogens with one attached hydrogen (secondary N) is 2. The molecule has 2 N–H and O–H groups in total. The van der Waals surface area contributed by atoms with Gasteiger partial charge in [0.05, 0.1) is 16.2 Å². The lowest BCUT2D eigenvalue weighted by molar-refractivity contribution is -0.384. The van der Waals surface area contributed by atoms with Crippen LogP contribution in [0.2, 0.25) is 5.02 Å². The molecule has 0 fully saturated rings. The minimum absolute atomic E-state index is 0.0946. The number of aryl methyl sites for hydroxylation is 2. The fourth-order valence-corrected chi connectivity index (χ4v) is 3.51. The van der Waals surface area contributed by atoms with Gasteiger partial charge in [0.15, 0.2) is 11.6 Å². The van der Waals surface area contributed by atoms with Crippen LogP contribution in [0, 0.1) is 24.0 Å². The molecule has 3 heterocycles. The Kier molecular flexibility index (Phi) is 6.00. The number of hydrogen-bond acceptors (Lipinski definition) is 11. The minimum Gasteiger partial charge on any atom is -0.455 e. The standard InChI is InChI=1S/C23H17ClN8O4/c1-12-3-4-14(9-13(12)2)26-20-21(28-23-22(27-20)30-36-31-23)29-25-11-16-6-8-19(35-16)17-10-15(32(33)34)5-7-18(17)24/h3-11H,1-2H3,(H,26,27,30)(H,28,29,31)/b25-11+. The van der Waals surface area contributed by atoms with E-state index >= 15 is 0 Å². The second kappa shape index (κ2) is 9.43. The number of halogens is 1. The van der Waals surface area contributed by atoms with Crippen molar-refractivity contribution in [2.45, 2.75) is 13.8 Å². The number of anilines is 3. The zero-order valence-corrected chi connectivity index (χ0v) is 19.6. The van der Waals surface area contributed by atoms with E-state index in [1.165, 1.54) is 24.4 Å². The molecule has 2 aromatic carbocycles. The summed E-state index contributed by atoms with van der Waals surface area (Å²) in [5.74, 6) is 1.38. The van der Waals surface area contributed by atoms with E-state index in [0.29, 0.717) is 27.9 Å². The van der Waals surface area contributed by atoms with E-state index in [-0.39, 0.29) is 22.8 Å². The number of non-ortho nitro benzene ring substituents is 1. The lowest BCUT2D eigenvalue weighted by Gasteiger charge is -2.10. The molecule has 0 saturated carbocycles. The third-order valence-corrected chi connectivity index (χ3v) is 5.63. The highest BCUT2D eigenvalue weighted by Crippen LogP contribution is 2.32. The normalized spacial score (nSPS) is 11.3. The monoisotopic (exact) mass is 504 g/mol. The summed E-state index contributed by atoms with van der Waals surface area (Å²) >= 11 is 6.20. The first-order valence-corrected chi connectivity index (χ1v) is 10.9. The van der Waals surface area contributed by atoms with E-state index in [1.54, 1.807) is 12.1 Å². The molecule has 0 radical (unpaired) electrons. The smallest absolute Gasteiger partial charge is 0.270 e. The molecule has 0 amide bonds. The second-order valence-corrected chi connectivity index (χ2v) is 8.16. The fourth-order valence-electron chi connectivity index (χ4n) is 3.30. The zero-order valence-electron chi connectivity index (χ0n) is 18.9. The van der Waals surface area contributed by atoms with Crippen LogP contribution in [-0.2, 0) is 0 Å². The van der Waals surface area contributed by atoms with Crippen LogP contribution in [0.25, 0.3) is 22.6 Å².